The van der Waals surface area contributed by atoms with Crippen LogP contribution in [0.15, 0.2) is 36.5 Å². The van der Waals surface area contributed by atoms with Crippen molar-refractivity contribution in [3.8, 4) is 11.3 Å². The molecule has 0 radical (unpaired) electrons. The SMILES string of the molecule is Cc1cc(C)c(C)c(-c2cccc[n+]2C)c1. The summed E-state index contributed by atoms with van der Waals surface area (Å²) >= 11 is 0. The zero-order valence-electron chi connectivity index (χ0n) is 10.4. The Morgan fingerprint density at radius 3 is 2.44 bits per heavy atom. The van der Waals surface area contributed by atoms with Crippen LogP contribution in [0.25, 0.3) is 11.3 Å². The number of hydrogen-bond donors (Lipinski definition) is 0. The van der Waals surface area contributed by atoms with Gasteiger partial charge in [-0.1, -0.05) is 11.6 Å². The van der Waals surface area contributed by atoms with Gasteiger partial charge in [0.1, 0.15) is 7.05 Å². The van der Waals surface area contributed by atoms with Crippen LogP contribution in [-0.4, -0.2) is 0 Å². The predicted molar refractivity (Wildman–Crippen MR) is 67.3 cm³/mol. The molecule has 1 aromatic carbocycles. The number of nitrogens with zero attached hydrogens (tertiary/aromatic N) is 1. The Kier molecular flexibility index (Phi) is 2.78. The number of pyridine rings is 1. The van der Waals surface area contributed by atoms with Crippen LogP contribution in [-0.2, 0) is 7.05 Å². The number of benzene rings is 1. The molecular formula is C15H18N+. The monoisotopic (exact) mass is 212 g/mol. The lowest BCUT2D eigenvalue weighted by atomic mass is 9.97. The summed E-state index contributed by atoms with van der Waals surface area (Å²) in [5, 5.41) is 0. The fraction of sp³-hybridized carbons (Fsp3) is 0.267. The van der Waals surface area contributed by atoms with E-state index in [1.165, 1.54) is 27.9 Å². The minimum absolute atomic E-state index is 1.27. The van der Waals surface area contributed by atoms with E-state index in [1.54, 1.807) is 0 Å². The van der Waals surface area contributed by atoms with Crippen molar-refractivity contribution < 1.29 is 4.57 Å². The normalized spacial score (nSPS) is 10.5. The zero-order valence-corrected chi connectivity index (χ0v) is 10.4. The van der Waals surface area contributed by atoms with Gasteiger partial charge in [-0.15, -0.1) is 0 Å². The second-order valence-electron chi connectivity index (χ2n) is 4.45. The van der Waals surface area contributed by atoms with Crippen molar-refractivity contribution in [3.63, 3.8) is 0 Å². The van der Waals surface area contributed by atoms with Gasteiger partial charge in [0, 0.05) is 17.7 Å². The number of aromatic nitrogens is 1. The third-order valence-corrected chi connectivity index (χ3v) is 3.14. The van der Waals surface area contributed by atoms with Gasteiger partial charge in [-0.05, 0) is 44.0 Å². The van der Waals surface area contributed by atoms with E-state index in [0.29, 0.717) is 0 Å². The van der Waals surface area contributed by atoms with Gasteiger partial charge in [-0.2, -0.15) is 0 Å². The molecule has 0 amide bonds. The molecule has 0 aliphatic rings. The number of aryl methyl sites for hydroxylation is 3. The molecule has 0 unspecified atom stereocenters. The largest absolute Gasteiger partial charge is 0.212 e. The highest BCUT2D eigenvalue weighted by molar-refractivity contribution is 5.63. The summed E-state index contributed by atoms with van der Waals surface area (Å²) in [6.07, 6.45) is 2.09. The van der Waals surface area contributed by atoms with Gasteiger partial charge >= 0.3 is 0 Å². The van der Waals surface area contributed by atoms with Crippen LogP contribution in [0.3, 0.4) is 0 Å². The molecule has 0 spiro atoms. The summed E-state index contributed by atoms with van der Waals surface area (Å²) in [5.41, 5.74) is 6.65. The van der Waals surface area contributed by atoms with Crippen molar-refractivity contribution in [2.75, 3.05) is 0 Å². The third kappa shape index (κ3) is 1.85. The Hall–Kier alpha value is -1.63. The minimum atomic E-state index is 1.27. The predicted octanol–water partition coefficient (Wildman–Crippen LogP) is 3.10. The maximum absolute atomic E-state index is 2.26. The lowest BCUT2D eigenvalue weighted by Crippen LogP contribution is -2.30. The Morgan fingerprint density at radius 2 is 1.75 bits per heavy atom. The average molecular weight is 212 g/mol. The molecule has 0 saturated heterocycles. The first-order valence-electron chi connectivity index (χ1n) is 5.62. The Labute approximate surface area is 97.4 Å². The van der Waals surface area contributed by atoms with E-state index in [0.717, 1.165) is 0 Å². The van der Waals surface area contributed by atoms with Gasteiger partial charge in [0.05, 0.1) is 0 Å². The molecule has 1 nitrogen and oxygen atoms in total. The first kappa shape index (κ1) is 10.9. The molecule has 16 heavy (non-hydrogen) atoms. The van der Waals surface area contributed by atoms with E-state index in [1.807, 2.05) is 0 Å². The third-order valence-electron chi connectivity index (χ3n) is 3.14. The van der Waals surface area contributed by atoms with Crippen molar-refractivity contribution in [3.05, 3.63) is 53.2 Å². The van der Waals surface area contributed by atoms with Gasteiger partial charge in [-0.3, -0.25) is 0 Å². The van der Waals surface area contributed by atoms with Crippen LogP contribution in [0, 0.1) is 20.8 Å². The molecule has 0 bridgehead atoms. The highest BCUT2D eigenvalue weighted by Gasteiger charge is 2.12. The summed E-state index contributed by atoms with van der Waals surface area (Å²) in [7, 11) is 2.09. The van der Waals surface area contributed by atoms with Crippen LogP contribution in [0.4, 0.5) is 0 Å². The number of rotatable bonds is 1. The molecule has 82 valence electrons. The van der Waals surface area contributed by atoms with Gasteiger partial charge in [-0.25, -0.2) is 4.57 Å². The maximum atomic E-state index is 2.26. The summed E-state index contributed by atoms with van der Waals surface area (Å²) < 4.78 is 2.17. The van der Waals surface area contributed by atoms with E-state index in [9.17, 15) is 0 Å². The molecule has 0 aliphatic heterocycles. The molecule has 0 fully saturated rings. The van der Waals surface area contributed by atoms with Crippen LogP contribution in [0.5, 0.6) is 0 Å². The van der Waals surface area contributed by atoms with E-state index < -0.39 is 0 Å². The summed E-state index contributed by atoms with van der Waals surface area (Å²) in [4.78, 5) is 0. The molecule has 0 aliphatic carbocycles. The van der Waals surface area contributed by atoms with Gasteiger partial charge in [0.2, 0.25) is 5.69 Å². The van der Waals surface area contributed by atoms with Crippen LogP contribution >= 0.6 is 0 Å². The van der Waals surface area contributed by atoms with E-state index >= 15 is 0 Å². The van der Waals surface area contributed by atoms with Crippen LogP contribution in [0.2, 0.25) is 0 Å². The van der Waals surface area contributed by atoms with Gasteiger partial charge < -0.3 is 0 Å². The summed E-state index contributed by atoms with van der Waals surface area (Å²) in [6, 6.07) is 10.8. The van der Waals surface area contributed by atoms with Gasteiger partial charge in [0.15, 0.2) is 6.20 Å². The average Bonchev–Trinajstić information content (AvgIpc) is 2.24. The molecule has 0 atom stereocenters. The topological polar surface area (TPSA) is 3.88 Å². The second kappa shape index (κ2) is 4.09. The van der Waals surface area contributed by atoms with Gasteiger partial charge in [0.25, 0.3) is 0 Å². The standard InChI is InChI=1S/C15H18N/c1-11-9-12(2)13(3)14(10-11)15-7-5-6-8-16(15)4/h5-10H,1-4H3/q+1. The Morgan fingerprint density at radius 1 is 1.00 bits per heavy atom. The van der Waals surface area contributed by atoms with Crippen molar-refractivity contribution >= 4 is 0 Å². The van der Waals surface area contributed by atoms with Crippen molar-refractivity contribution in [1.82, 2.24) is 0 Å². The molecular weight excluding hydrogens is 194 g/mol. The number of hydrogen-bond acceptors (Lipinski definition) is 0. The molecule has 1 heteroatoms. The Bertz CT molecular complexity index is 527. The highest BCUT2D eigenvalue weighted by atomic mass is 14.9. The second-order valence-corrected chi connectivity index (χ2v) is 4.45. The quantitative estimate of drug-likeness (QED) is 0.639. The lowest BCUT2D eigenvalue weighted by Gasteiger charge is -2.08. The molecule has 1 heterocycles. The molecule has 0 N–H and O–H groups in total. The molecule has 1 aromatic heterocycles. The minimum Gasteiger partial charge on any atom is -0.201 e. The molecule has 2 rings (SSSR count). The molecule has 0 saturated carbocycles. The van der Waals surface area contributed by atoms with Crippen LogP contribution in [0.1, 0.15) is 16.7 Å². The first-order chi connectivity index (χ1) is 7.59. The first-order valence-corrected chi connectivity index (χ1v) is 5.62. The fourth-order valence-corrected chi connectivity index (χ4v) is 2.11. The van der Waals surface area contributed by atoms with E-state index in [4.69, 9.17) is 0 Å². The Balaban J connectivity index is 2.69. The van der Waals surface area contributed by atoms with Crippen molar-refractivity contribution in [1.29, 1.82) is 0 Å². The fourth-order valence-electron chi connectivity index (χ4n) is 2.11. The maximum Gasteiger partial charge on any atom is 0.212 e. The van der Waals surface area contributed by atoms with Crippen LogP contribution < -0.4 is 4.57 Å². The molecule has 2 aromatic rings. The zero-order chi connectivity index (χ0) is 11.7. The summed E-state index contributed by atoms with van der Waals surface area (Å²) in [5.74, 6) is 0. The highest BCUT2D eigenvalue weighted by Crippen LogP contribution is 2.24. The van der Waals surface area contributed by atoms with Crippen molar-refractivity contribution in [2.24, 2.45) is 7.05 Å². The van der Waals surface area contributed by atoms with E-state index in [2.05, 4.69) is 68.9 Å². The van der Waals surface area contributed by atoms with Crippen molar-refractivity contribution in [2.45, 2.75) is 20.8 Å². The van der Waals surface area contributed by atoms with E-state index in [-0.39, 0.29) is 0 Å². The smallest absolute Gasteiger partial charge is 0.201 e. The summed E-state index contributed by atoms with van der Waals surface area (Å²) in [6.45, 7) is 6.52. The lowest BCUT2D eigenvalue weighted by molar-refractivity contribution is -0.660.